The van der Waals surface area contributed by atoms with E-state index in [1.807, 2.05) is 49.9 Å². The Morgan fingerprint density at radius 1 is 1.40 bits per heavy atom. The number of nitrogens with zero attached hydrogens (tertiary/aromatic N) is 1. The third-order valence-electron chi connectivity index (χ3n) is 3.46. The summed E-state index contributed by atoms with van der Waals surface area (Å²) in [6, 6.07) is 7.83. The van der Waals surface area contributed by atoms with Gasteiger partial charge in [0.05, 0.1) is 20.3 Å². The molecule has 20 heavy (non-hydrogen) atoms. The molecule has 110 valence electrons. The lowest BCUT2D eigenvalue weighted by atomic mass is 9.94. The van der Waals surface area contributed by atoms with Gasteiger partial charge in [0.1, 0.15) is 11.9 Å². The molecule has 1 fully saturated rings. The topological polar surface area (TPSA) is 38.8 Å². The molecule has 1 aliphatic heterocycles. The zero-order chi connectivity index (χ0) is 14.8. The average Bonchev–Trinajstić information content (AvgIpc) is 2.45. The maximum absolute atomic E-state index is 12.4. The van der Waals surface area contributed by atoms with Crippen LogP contribution < -0.4 is 4.74 Å². The molecule has 0 radical (unpaired) electrons. The van der Waals surface area contributed by atoms with E-state index in [1.165, 1.54) is 0 Å². The lowest BCUT2D eigenvalue weighted by Crippen LogP contribution is -2.46. The molecule has 0 spiro atoms. The molecule has 1 saturated heterocycles. The van der Waals surface area contributed by atoms with Crippen LogP contribution in [0.15, 0.2) is 24.3 Å². The van der Waals surface area contributed by atoms with Crippen molar-refractivity contribution in [1.82, 2.24) is 4.90 Å². The number of carbonyl (C=O) groups excluding carboxylic acids is 1. The second kappa shape index (κ2) is 5.83. The van der Waals surface area contributed by atoms with Crippen molar-refractivity contribution in [2.24, 2.45) is 5.41 Å². The van der Waals surface area contributed by atoms with E-state index in [0.717, 1.165) is 11.3 Å². The highest BCUT2D eigenvalue weighted by Gasteiger charge is 2.31. The van der Waals surface area contributed by atoms with Gasteiger partial charge in [0.15, 0.2) is 0 Å². The van der Waals surface area contributed by atoms with Crippen LogP contribution in [0.2, 0.25) is 0 Å². The minimum Gasteiger partial charge on any atom is -0.497 e. The Labute approximate surface area is 120 Å². The van der Waals surface area contributed by atoms with Crippen LogP contribution in [-0.4, -0.2) is 37.6 Å². The number of hydrogen-bond donors (Lipinski definition) is 0. The van der Waals surface area contributed by atoms with E-state index in [9.17, 15) is 4.79 Å². The number of hydrogen-bond acceptors (Lipinski definition) is 3. The molecule has 1 amide bonds. The van der Waals surface area contributed by atoms with Gasteiger partial charge in [-0.1, -0.05) is 32.9 Å². The standard InChI is InChI=1S/C16H23NO3/c1-16(2,3)15(18)17-8-9-20-14(11-17)12-6-5-7-13(10-12)19-4/h5-7,10,14H,8-9,11H2,1-4H3. The van der Waals surface area contributed by atoms with Crippen LogP contribution in [0, 0.1) is 5.41 Å². The first-order valence-electron chi connectivity index (χ1n) is 6.97. The Balaban J connectivity index is 2.12. The summed E-state index contributed by atoms with van der Waals surface area (Å²) in [5.41, 5.74) is 0.701. The summed E-state index contributed by atoms with van der Waals surface area (Å²) in [7, 11) is 1.65. The van der Waals surface area contributed by atoms with E-state index in [0.29, 0.717) is 19.7 Å². The normalized spacial score (nSPS) is 19.8. The highest BCUT2D eigenvalue weighted by Crippen LogP contribution is 2.27. The van der Waals surface area contributed by atoms with Gasteiger partial charge in [-0.05, 0) is 17.7 Å². The second-order valence-corrected chi connectivity index (χ2v) is 6.14. The lowest BCUT2D eigenvalue weighted by Gasteiger charge is -2.36. The number of methoxy groups -OCH3 is 1. The molecule has 4 heteroatoms. The molecule has 2 rings (SSSR count). The van der Waals surface area contributed by atoms with E-state index in [4.69, 9.17) is 9.47 Å². The van der Waals surface area contributed by atoms with E-state index in [-0.39, 0.29) is 17.4 Å². The molecule has 1 heterocycles. The van der Waals surface area contributed by atoms with Crippen LogP contribution in [0.5, 0.6) is 5.75 Å². The van der Waals surface area contributed by atoms with Gasteiger partial charge in [-0.15, -0.1) is 0 Å². The number of ether oxygens (including phenoxy) is 2. The average molecular weight is 277 g/mol. The smallest absolute Gasteiger partial charge is 0.228 e. The van der Waals surface area contributed by atoms with E-state index < -0.39 is 0 Å². The number of rotatable bonds is 2. The minimum atomic E-state index is -0.351. The van der Waals surface area contributed by atoms with Gasteiger partial charge in [0, 0.05) is 12.0 Å². The molecule has 4 nitrogen and oxygen atoms in total. The molecule has 1 aliphatic rings. The highest BCUT2D eigenvalue weighted by molar-refractivity contribution is 5.81. The van der Waals surface area contributed by atoms with Crippen molar-refractivity contribution in [2.45, 2.75) is 26.9 Å². The van der Waals surface area contributed by atoms with E-state index in [2.05, 4.69) is 0 Å². The van der Waals surface area contributed by atoms with Gasteiger partial charge in [-0.25, -0.2) is 0 Å². The largest absolute Gasteiger partial charge is 0.497 e. The molecular formula is C16H23NO3. The third kappa shape index (κ3) is 3.31. The van der Waals surface area contributed by atoms with Gasteiger partial charge in [-0.3, -0.25) is 4.79 Å². The molecule has 0 bridgehead atoms. The van der Waals surface area contributed by atoms with Gasteiger partial charge in [0.25, 0.3) is 0 Å². The maximum atomic E-state index is 12.4. The first kappa shape index (κ1) is 14.9. The maximum Gasteiger partial charge on any atom is 0.228 e. The molecule has 1 aromatic carbocycles. The Kier molecular flexibility index (Phi) is 4.33. The molecule has 1 aromatic rings. The van der Waals surface area contributed by atoms with Crippen molar-refractivity contribution >= 4 is 5.91 Å². The van der Waals surface area contributed by atoms with Crippen LogP contribution in [0.3, 0.4) is 0 Å². The van der Waals surface area contributed by atoms with Crippen molar-refractivity contribution < 1.29 is 14.3 Å². The fraction of sp³-hybridized carbons (Fsp3) is 0.562. The Hall–Kier alpha value is -1.55. The summed E-state index contributed by atoms with van der Waals surface area (Å²) < 4.78 is 11.0. The zero-order valence-corrected chi connectivity index (χ0v) is 12.7. The minimum absolute atomic E-state index is 0.0786. The number of carbonyl (C=O) groups is 1. The van der Waals surface area contributed by atoms with Crippen molar-refractivity contribution in [3.05, 3.63) is 29.8 Å². The predicted octanol–water partition coefficient (Wildman–Crippen LogP) is 2.64. The van der Waals surface area contributed by atoms with E-state index >= 15 is 0 Å². The monoisotopic (exact) mass is 277 g/mol. The molecule has 0 saturated carbocycles. The van der Waals surface area contributed by atoms with Crippen molar-refractivity contribution in [3.63, 3.8) is 0 Å². The first-order valence-corrected chi connectivity index (χ1v) is 6.97. The fourth-order valence-corrected chi connectivity index (χ4v) is 2.35. The fourth-order valence-electron chi connectivity index (χ4n) is 2.35. The van der Waals surface area contributed by atoms with Crippen molar-refractivity contribution in [2.75, 3.05) is 26.8 Å². The third-order valence-corrected chi connectivity index (χ3v) is 3.46. The number of amides is 1. The molecule has 0 aromatic heterocycles. The highest BCUT2D eigenvalue weighted by atomic mass is 16.5. The summed E-state index contributed by atoms with van der Waals surface area (Å²) in [6.07, 6.45) is -0.0786. The SMILES string of the molecule is COc1cccc(C2CN(C(=O)C(C)(C)C)CCO2)c1. The Morgan fingerprint density at radius 3 is 2.80 bits per heavy atom. The molecular weight excluding hydrogens is 254 g/mol. The van der Waals surface area contributed by atoms with Gasteiger partial charge < -0.3 is 14.4 Å². The molecule has 1 unspecified atom stereocenters. The summed E-state index contributed by atoms with van der Waals surface area (Å²) in [4.78, 5) is 14.3. The van der Waals surface area contributed by atoms with Crippen molar-refractivity contribution in [3.8, 4) is 5.75 Å². The summed E-state index contributed by atoms with van der Waals surface area (Å²) in [5, 5.41) is 0. The van der Waals surface area contributed by atoms with E-state index in [1.54, 1.807) is 7.11 Å². The second-order valence-electron chi connectivity index (χ2n) is 6.14. The number of benzene rings is 1. The van der Waals surface area contributed by atoms with Crippen molar-refractivity contribution in [1.29, 1.82) is 0 Å². The molecule has 0 aliphatic carbocycles. The van der Waals surface area contributed by atoms with Crippen LogP contribution in [0.25, 0.3) is 0 Å². The van der Waals surface area contributed by atoms with Crippen LogP contribution in [0.4, 0.5) is 0 Å². The predicted molar refractivity (Wildman–Crippen MR) is 77.7 cm³/mol. The van der Waals surface area contributed by atoms with Crippen LogP contribution >= 0.6 is 0 Å². The zero-order valence-electron chi connectivity index (χ0n) is 12.7. The van der Waals surface area contributed by atoms with Gasteiger partial charge in [0.2, 0.25) is 5.91 Å². The first-order chi connectivity index (χ1) is 9.41. The van der Waals surface area contributed by atoms with Gasteiger partial charge >= 0.3 is 0 Å². The summed E-state index contributed by atoms with van der Waals surface area (Å²) in [5.74, 6) is 0.985. The van der Waals surface area contributed by atoms with Crippen LogP contribution in [-0.2, 0) is 9.53 Å². The van der Waals surface area contributed by atoms with Gasteiger partial charge in [-0.2, -0.15) is 0 Å². The molecule has 1 atom stereocenters. The Morgan fingerprint density at radius 2 is 2.15 bits per heavy atom. The Bertz CT molecular complexity index is 479. The lowest BCUT2D eigenvalue weighted by molar-refractivity contribution is -0.147. The summed E-state index contributed by atoms with van der Waals surface area (Å²) >= 11 is 0. The number of morpholine rings is 1. The van der Waals surface area contributed by atoms with Crippen LogP contribution in [0.1, 0.15) is 32.4 Å². The summed E-state index contributed by atoms with van der Waals surface area (Å²) in [6.45, 7) is 7.69. The molecule has 0 N–H and O–H groups in total. The quantitative estimate of drug-likeness (QED) is 0.834.